The van der Waals surface area contributed by atoms with Gasteiger partial charge < -0.3 is 20.9 Å². The minimum absolute atomic E-state index is 0.147. The van der Waals surface area contributed by atoms with Crippen molar-refractivity contribution in [2.24, 2.45) is 0 Å². The second-order valence-electron chi connectivity index (χ2n) is 4.36. The number of benzene rings is 1. The highest BCUT2D eigenvalue weighted by molar-refractivity contribution is 6.30. The Labute approximate surface area is 123 Å². The molecule has 7 heteroatoms. The van der Waals surface area contributed by atoms with Crippen molar-refractivity contribution in [2.75, 3.05) is 39.0 Å². The number of urea groups is 1. The van der Waals surface area contributed by atoms with Crippen LogP contribution < -0.4 is 16.0 Å². The number of rotatable bonds is 6. The highest BCUT2D eigenvalue weighted by atomic mass is 35.5. The quantitative estimate of drug-likeness (QED) is 0.690. The molecule has 0 saturated heterocycles. The molecule has 110 valence electrons. The molecule has 1 aromatic carbocycles. The van der Waals surface area contributed by atoms with E-state index in [1.807, 2.05) is 0 Å². The van der Waals surface area contributed by atoms with Crippen LogP contribution in [0.4, 0.5) is 10.5 Å². The first-order chi connectivity index (χ1) is 9.49. The van der Waals surface area contributed by atoms with Gasteiger partial charge in [-0.1, -0.05) is 11.6 Å². The SMILES string of the molecule is CN(C)C(=O)NCCNCC(=O)Nc1ccc(Cl)cc1. The highest BCUT2D eigenvalue weighted by Gasteiger charge is 2.03. The molecule has 3 amide bonds. The van der Waals surface area contributed by atoms with E-state index in [9.17, 15) is 9.59 Å². The van der Waals surface area contributed by atoms with Crippen LogP contribution in [0, 0.1) is 0 Å². The zero-order valence-corrected chi connectivity index (χ0v) is 12.3. The number of hydrogen-bond acceptors (Lipinski definition) is 3. The van der Waals surface area contributed by atoms with Crippen molar-refractivity contribution in [1.29, 1.82) is 0 Å². The molecular weight excluding hydrogens is 280 g/mol. The summed E-state index contributed by atoms with van der Waals surface area (Å²) in [5.74, 6) is -0.147. The van der Waals surface area contributed by atoms with Crippen LogP contribution >= 0.6 is 11.6 Å². The summed E-state index contributed by atoms with van der Waals surface area (Å²) >= 11 is 5.75. The summed E-state index contributed by atoms with van der Waals surface area (Å²) in [5, 5.41) is 8.98. The Morgan fingerprint density at radius 1 is 1.15 bits per heavy atom. The summed E-state index contributed by atoms with van der Waals surface area (Å²) in [6, 6.07) is 6.73. The van der Waals surface area contributed by atoms with Crippen molar-refractivity contribution in [3.63, 3.8) is 0 Å². The molecule has 0 aliphatic heterocycles. The van der Waals surface area contributed by atoms with Gasteiger partial charge in [0.2, 0.25) is 5.91 Å². The first kappa shape index (κ1) is 16.3. The monoisotopic (exact) mass is 298 g/mol. The fourth-order valence-corrected chi connectivity index (χ4v) is 1.48. The maximum absolute atomic E-state index is 11.6. The standard InChI is InChI=1S/C13H19ClN4O2/c1-18(2)13(20)16-8-7-15-9-12(19)17-11-5-3-10(14)4-6-11/h3-6,15H,7-9H2,1-2H3,(H,16,20)(H,17,19). The maximum atomic E-state index is 11.6. The van der Waals surface area contributed by atoms with Crippen LogP contribution in [0.25, 0.3) is 0 Å². The topological polar surface area (TPSA) is 73.5 Å². The average Bonchev–Trinajstić information content (AvgIpc) is 2.40. The lowest BCUT2D eigenvalue weighted by molar-refractivity contribution is -0.115. The third-order valence-electron chi connectivity index (χ3n) is 2.40. The van der Waals surface area contributed by atoms with E-state index in [-0.39, 0.29) is 18.5 Å². The Bertz CT molecular complexity index is 448. The van der Waals surface area contributed by atoms with Gasteiger partial charge in [-0.05, 0) is 24.3 Å². The molecule has 0 unspecified atom stereocenters. The number of nitrogens with one attached hydrogen (secondary N) is 3. The Hall–Kier alpha value is -1.79. The summed E-state index contributed by atoms with van der Waals surface area (Å²) in [6.07, 6.45) is 0. The summed E-state index contributed by atoms with van der Waals surface area (Å²) in [7, 11) is 3.34. The minimum atomic E-state index is -0.155. The largest absolute Gasteiger partial charge is 0.337 e. The normalized spacial score (nSPS) is 9.95. The predicted octanol–water partition coefficient (Wildman–Crippen LogP) is 1.14. The Kier molecular flexibility index (Phi) is 6.83. The molecular formula is C13H19ClN4O2. The molecule has 0 heterocycles. The lowest BCUT2D eigenvalue weighted by Crippen LogP contribution is -2.39. The fraction of sp³-hybridized carbons (Fsp3) is 0.385. The van der Waals surface area contributed by atoms with Gasteiger partial charge in [0.1, 0.15) is 0 Å². The minimum Gasteiger partial charge on any atom is -0.337 e. The molecule has 20 heavy (non-hydrogen) atoms. The molecule has 1 rings (SSSR count). The molecule has 0 aliphatic rings. The van der Waals surface area contributed by atoms with Gasteiger partial charge in [0.05, 0.1) is 6.54 Å². The van der Waals surface area contributed by atoms with Crippen LogP contribution in [0.3, 0.4) is 0 Å². The van der Waals surface area contributed by atoms with E-state index in [1.54, 1.807) is 38.4 Å². The van der Waals surface area contributed by atoms with Crippen molar-refractivity contribution in [2.45, 2.75) is 0 Å². The molecule has 0 fully saturated rings. The highest BCUT2D eigenvalue weighted by Crippen LogP contribution is 2.12. The summed E-state index contributed by atoms with van der Waals surface area (Å²) in [5.41, 5.74) is 0.696. The third-order valence-corrected chi connectivity index (χ3v) is 2.65. The fourth-order valence-electron chi connectivity index (χ4n) is 1.36. The molecule has 3 N–H and O–H groups in total. The molecule has 0 saturated carbocycles. The van der Waals surface area contributed by atoms with E-state index in [4.69, 9.17) is 11.6 Å². The molecule has 0 atom stereocenters. The molecule has 0 aliphatic carbocycles. The van der Waals surface area contributed by atoms with Gasteiger partial charge >= 0.3 is 6.03 Å². The number of halogens is 1. The van der Waals surface area contributed by atoms with E-state index in [0.717, 1.165) is 0 Å². The second kappa shape index (κ2) is 8.39. The summed E-state index contributed by atoms with van der Waals surface area (Å²) in [4.78, 5) is 24.3. The van der Waals surface area contributed by atoms with Crippen molar-refractivity contribution in [1.82, 2.24) is 15.5 Å². The van der Waals surface area contributed by atoms with Gasteiger partial charge in [-0.2, -0.15) is 0 Å². The number of anilines is 1. The number of amides is 3. The Morgan fingerprint density at radius 3 is 2.40 bits per heavy atom. The molecule has 0 aromatic heterocycles. The number of carbonyl (C=O) groups excluding carboxylic acids is 2. The zero-order valence-electron chi connectivity index (χ0n) is 11.6. The van der Waals surface area contributed by atoms with E-state index in [2.05, 4.69) is 16.0 Å². The van der Waals surface area contributed by atoms with Crippen LogP contribution in [0.2, 0.25) is 5.02 Å². The van der Waals surface area contributed by atoms with Crippen molar-refractivity contribution in [3.05, 3.63) is 29.3 Å². The van der Waals surface area contributed by atoms with Gasteiger partial charge in [0.15, 0.2) is 0 Å². The van der Waals surface area contributed by atoms with Gasteiger partial charge in [-0.25, -0.2) is 4.79 Å². The van der Waals surface area contributed by atoms with Gasteiger partial charge in [0, 0.05) is 37.9 Å². The van der Waals surface area contributed by atoms with Crippen molar-refractivity contribution >= 4 is 29.2 Å². The van der Waals surface area contributed by atoms with Gasteiger partial charge in [-0.15, -0.1) is 0 Å². The number of nitrogens with zero attached hydrogens (tertiary/aromatic N) is 1. The van der Waals surface area contributed by atoms with E-state index in [1.165, 1.54) is 4.90 Å². The molecule has 1 aromatic rings. The van der Waals surface area contributed by atoms with Crippen LogP contribution in [-0.2, 0) is 4.79 Å². The Morgan fingerprint density at radius 2 is 1.80 bits per heavy atom. The molecule has 0 bridgehead atoms. The molecule has 6 nitrogen and oxygen atoms in total. The van der Waals surface area contributed by atoms with Gasteiger partial charge in [0.25, 0.3) is 0 Å². The summed E-state index contributed by atoms with van der Waals surface area (Å²) < 4.78 is 0. The van der Waals surface area contributed by atoms with Crippen LogP contribution in [0.1, 0.15) is 0 Å². The lowest BCUT2D eigenvalue weighted by atomic mass is 10.3. The summed E-state index contributed by atoms with van der Waals surface area (Å²) in [6.45, 7) is 1.17. The second-order valence-corrected chi connectivity index (χ2v) is 4.79. The van der Waals surface area contributed by atoms with Crippen molar-refractivity contribution in [3.8, 4) is 0 Å². The predicted molar refractivity (Wildman–Crippen MR) is 80.0 cm³/mol. The van der Waals surface area contributed by atoms with Gasteiger partial charge in [-0.3, -0.25) is 4.79 Å². The van der Waals surface area contributed by atoms with Crippen LogP contribution in [0.15, 0.2) is 24.3 Å². The average molecular weight is 299 g/mol. The first-order valence-corrected chi connectivity index (χ1v) is 6.58. The first-order valence-electron chi connectivity index (χ1n) is 6.20. The number of hydrogen-bond donors (Lipinski definition) is 3. The van der Waals surface area contributed by atoms with Crippen LogP contribution in [0.5, 0.6) is 0 Å². The van der Waals surface area contributed by atoms with E-state index in [0.29, 0.717) is 23.8 Å². The Balaban J connectivity index is 2.14. The maximum Gasteiger partial charge on any atom is 0.316 e. The van der Waals surface area contributed by atoms with E-state index >= 15 is 0 Å². The van der Waals surface area contributed by atoms with Crippen LogP contribution in [-0.4, -0.2) is 50.6 Å². The smallest absolute Gasteiger partial charge is 0.316 e. The third kappa shape index (κ3) is 6.40. The van der Waals surface area contributed by atoms with Crippen molar-refractivity contribution < 1.29 is 9.59 Å². The zero-order chi connectivity index (χ0) is 15.0. The molecule has 0 spiro atoms. The van der Waals surface area contributed by atoms with E-state index < -0.39 is 0 Å². The lowest BCUT2D eigenvalue weighted by Gasteiger charge is -2.12. The molecule has 0 radical (unpaired) electrons. The number of carbonyl (C=O) groups is 2.